The third kappa shape index (κ3) is 5.96. The average molecular weight is 530 g/mol. The smallest absolute Gasteiger partial charge is 0.269 e. The second kappa shape index (κ2) is 11.6. The van der Waals surface area contributed by atoms with E-state index in [9.17, 15) is 9.59 Å². The lowest BCUT2D eigenvalue weighted by atomic mass is 10.1. The van der Waals surface area contributed by atoms with E-state index >= 15 is 0 Å². The topological polar surface area (TPSA) is 154 Å². The van der Waals surface area contributed by atoms with Crippen LogP contribution in [0.2, 0.25) is 0 Å². The molecule has 12 heteroatoms. The zero-order valence-electron chi connectivity index (χ0n) is 22.3. The van der Waals surface area contributed by atoms with Gasteiger partial charge in [0.2, 0.25) is 11.9 Å². The van der Waals surface area contributed by atoms with Crippen molar-refractivity contribution < 1.29 is 14.3 Å². The Morgan fingerprint density at radius 1 is 1.13 bits per heavy atom. The van der Waals surface area contributed by atoms with Crippen molar-refractivity contribution in [1.82, 2.24) is 24.8 Å². The van der Waals surface area contributed by atoms with Gasteiger partial charge < -0.3 is 35.9 Å². The quantitative estimate of drug-likeness (QED) is 0.215. The number of carbonyl (C=O) groups excluding carboxylic acids is 2. The molecule has 0 aliphatic carbocycles. The fourth-order valence-electron chi connectivity index (χ4n) is 4.05. The molecule has 5 N–H and O–H groups in total. The number of likely N-dealkylation sites (N-methyl/N-ethyl adjacent to an activating group) is 2. The molecule has 39 heavy (non-hydrogen) atoms. The highest BCUT2D eigenvalue weighted by Gasteiger charge is 2.18. The predicted octanol–water partition coefficient (Wildman–Crippen LogP) is 2.99. The summed E-state index contributed by atoms with van der Waals surface area (Å²) < 4.78 is 5.67. The van der Waals surface area contributed by atoms with Crippen molar-refractivity contribution in [2.24, 2.45) is 5.73 Å². The van der Waals surface area contributed by atoms with Gasteiger partial charge in [-0.25, -0.2) is 15.0 Å². The first-order chi connectivity index (χ1) is 18.7. The molecule has 0 fully saturated rings. The van der Waals surface area contributed by atoms with Crippen LogP contribution in [0.1, 0.15) is 10.5 Å². The molecule has 12 nitrogen and oxygen atoms in total. The van der Waals surface area contributed by atoms with Crippen LogP contribution in [0.5, 0.6) is 5.75 Å². The summed E-state index contributed by atoms with van der Waals surface area (Å²) in [6.45, 7) is 5.10. The van der Waals surface area contributed by atoms with E-state index in [0.717, 1.165) is 29.7 Å². The van der Waals surface area contributed by atoms with Crippen molar-refractivity contribution in [3.05, 3.63) is 61.2 Å². The minimum atomic E-state index is -0.624. The second-order valence-corrected chi connectivity index (χ2v) is 9.03. The molecule has 4 rings (SSSR count). The van der Waals surface area contributed by atoms with Crippen LogP contribution in [0.25, 0.3) is 22.2 Å². The Kier molecular flexibility index (Phi) is 8.06. The average Bonchev–Trinajstić information content (AvgIpc) is 3.36. The molecule has 0 bridgehead atoms. The summed E-state index contributed by atoms with van der Waals surface area (Å²) in [7, 11) is 7.52. The predicted molar refractivity (Wildman–Crippen MR) is 153 cm³/mol. The number of amides is 2. The molecule has 0 aliphatic heterocycles. The van der Waals surface area contributed by atoms with Gasteiger partial charge in [-0.05, 0) is 38.4 Å². The van der Waals surface area contributed by atoms with Crippen molar-refractivity contribution in [3.63, 3.8) is 0 Å². The summed E-state index contributed by atoms with van der Waals surface area (Å²) >= 11 is 0. The van der Waals surface area contributed by atoms with Gasteiger partial charge in [0.15, 0.2) is 5.69 Å². The second-order valence-electron chi connectivity index (χ2n) is 9.03. The van der Waals surface area contributed by atoms with E-state index in [2.05, 4.69) is 42.0 Å². The van der Waals surface area contributed by atoms with Crippen LogP contribution in [0.4, 0.5) is 23.0 Å². The van der Waals surface area contributed by atoms with Crippen LogP contribution in [-0.2, 0) is 4.79 Å². The fraction of sp³-hybridized carbons (Fsp3) is 0.222. The molecule has 0 unspecified atom stereocenters. The number of fused-ring (bicyclic) bond motifs is 1. The third-order valence-electron chi connectivity index (χ3n) is 6.07. The fourth-order valence-corrected chi connectivity index (χ4v) is 4.05. The standard InChI is InChI=1S/C27H31N9O3/c1-6-23(37)32-19-13-20(22(39-5)14-21(19)36(4)12-11-35(2)3)34-27-30-10-8-18(33-27)17-15-31-24-16(17)7-9-29-25(24)26(28)38/h6-10,13-15,31H,1,11-12H2,2-5H3,(H2,28,38)(H,32,37)(H,30,33,34). The van der Waals surface area contributed by atoms with Gasteiger partial charge in [0.1, 0.15) is 5.75 Å². The normalized spacial score (nSPS) is 10.9. The Labute approximate surface area is 225 Å². The number of nitrogens with zero attached hydrogens (tertiary/aromatic N) is 5. The van der Waals surface area contributed by atoms with Gasteiger partial charge in [0.05, 0.1) is 35.4 Å². The molecule has 2 amide bonds. The molecule has 0 saturated heterocycles. The molecular formula is C27H31N9O3. The molecule has 1 aromatic carbocycles. The molecule has 0 saturated carbocycles. The van der Waals surface area contributed by atoms with Crippen LogP contribution in [0.15, 0.2) is 55.5 Å². The number of rotatable bonds is 11. The van der Waals surface area contributed by atoms with Gasteiger partial charge in [-0.2, -0.15) is 0 Å². The zero-order valence-corrected chi connectivity index (χ0v) is 22.3. The van der Waals surface area contributed by atoms with E-state index in [1.54, 1.807) is 37.7 Å². The van der Waals surface area contributed by atoms with Crippen LogP contribution in [0.3, 0.4) is 0 Å². The first-order valence-corrected chi connectivity index (χ1v) is 12.1. The zero-order chi connectivity index (χ0) is 28.1. The summed E-state index contributed by atoms with van der Waals surface area (Å²) in [5.74, 6) is -0.118. The highest BCUT2D eigenvalue weighted by Crippen LogP contribution is 2.38. The van der Waals surface area contributed by atoms with E-state index in [1.165, 1.54) is 12.3 Å². The third-order valence-corrected chi connectivity index (χ3v) is 6.07. The molecular weight excluding hydrogens is 498 g/mol. The Hall–Kier alpha value is -4.97. The lowest BCUT2D eigenvalue weighted by molar-refractivity contribution is -0.111. The van der Waals surface area contributed by atoms with Gasteiger partial charge in [-0.3, -0.25) is 9.59 Å². The number of hydrogen-bond donors (Lipinski definition) is 4. The van der Waals surface area contributed by atoms with Gasteiger partial charge >= 0.3 is 0 Å². The van der Waals surface area contributed by atoms with E-state index < -0.39 is 5.91 Å². The first kappa shape index (κ1) is 27.1. The maximum absolute atomic E-state index is 12.2. The van der Waals surface area contributed by atoms with E-state index in [1.807, 2.05) is 32.1 Å². The number of primary amides is 1. The number of hydrogen-bond acceptors (Lipinski definition) is 9. The number of anilines is 4. The Morgan fingerprint density at radius 2 is 1.90 bits per heavy atom. The molecule has 0 spiro atoms. The van der Waals surface area contributed by atoms with Crippen LogP contribution < -0.4 is 26.0 Å². The summed E-state index contributed by atoms with van der Waals surface area (Å²) in [5, 5.41) is 6.83. The van der Waals surface area contributed by atoms with Gasteiger partial charge in [-0.15, -0.1) is 0 Å². The molecule has 0 radical (unpaired) electrons. The highest BCUT2D eigenvalue weighted by molar-refractivity contribution is 6.07. The monoisotopic (exact) mass is 529 g/mol. The van der Waals surface area contributed by atoms with E-state index in [-0.39, 0.29) is 11.6 Å². The number of carbonyl (C=O) groups is 2. The molecule has 0 atom stereocenters. The number of benzene rings is 1. The highest BCUT2D eigenvalue weighted by atomic mass is 16.5. The molecule has 202 valence electrons. The number of H-pyrrole nitrogens is 1. The van der Waals surface area contributed by atoms with Crippen LogP contribution in [0, 0.1) is 0 Å². The number of ether oxygens (including phenoxy) is 1. The Bertz CT molecular complexity index is 1530. The van der Waals surface area contributed by atoms with Crippen LogP contribution >= 0.6 is 0 Å². The van der Waals surface area contributed by atoms with Gasteiger partial charge in [0, 0.05) is 55.7 Å². The van der Waals surface area contributed by atoms with Crippen molar-refractivity contribution in [2.75, 3.05) is 56.9 Å². The molecule has 0 aliphatic rings. The maximum Gasteiger partial charge on any atom is 0.269 e. The first-order valence-electron chi connectivity index (χ1n) is 12.1. The van der Waals surface area contributed by atoms with Crippen molar-refractivity contribution in [1.29, 1.82) is 0 Å². The number of nitrogens with one attached hydrogen (secondary N) is 3. The Balaban J connectivity index is 1.71. The number of pyridine rings is 1. The van der Waals surface area contributed by atoms with Crippen molar-refractivity contribution in [3.8, 4) is 17.0 Å². The SMILES string of the molecule is C=CC(=O)Nc1cc(Nc2nccc(-c3c[nH]c4c(C(N)=O)nccc34)n2)c(OC)cc1N(C)CCN(C)C. The molecule has 3 aromatic heterocycles. The van der Waals surface area contributed by atoms with Gasteiger partial charge in [-0.1, -0.05) is 6.58 Å². The van der Waals surface area contributed by atoms with Crippen molar-refractivity contribution >= 4 is 45.7 Å². The number of aromatic amines is 1. The van der Waals surface area contributed by atoms with E-state index in [4.69, 9.17) is 10.5 Å². The summed E-state index contributed by atoms with van der Waals surface area (Å²) in [6, 6.07) is 7.16. The minimum absolute atomic E-state index is 0.153. The largest absolute Gasteiger partial charge is 0.494 e. The number of methoxy groups -OCH3 is 1. The maximum atomic E-state index is 12.2. The van der Waals surface area contributed by atoms with Gasteiger partial charge in [0.25, 0.3) is 5.91 Å². The van der Waals surface area contributed by atoms with Crippen molar-refractivity contribution in [2.45, 2.75) is 0 Å². The summed E-state index contributed by atoms with van der Waals surface area (Å²) in [5.41, 5.74) is 9.43. The lowest BCUT2D eigenvalue weighted by Crippen LogP contribution is -2.29. The summed E-state index contributed by atoms with van der Waals surface area (Å²) in [6.07, 6.45) is 6.11. The molecule has 4 aromatic rings. The summed E-state index contributed by atoms with van der Waals surface area (Å²) in [4.78, 5) is 44.3. The lowest BCUT2D eigenvalue weighted by Gasteiger charge is -2.26. The Morgan fingerprint density at radius 3 is 2.59 bits per heavy atom. The minimum Gasteiger partial charge on any atom is -0.494 e. The van der Waals surface area contributed by atoms with E-state index in [0.29, 0.717) is 34.3 Å². The number of aromatic nitrogens is 4. The van der Waals surface area contributed by atoms with Crippen LogP contribution in [-0.4, -0.2) is 78.0 Å². The molecule has 3 heterocycles. The number of nitrogens with two attached hydrogens (primary N) is 1.